The van der Waals surface area contributed by atoms with Crippen molar-refractivity contribution in [2.75, 3.05) is 20.1 Å². The minimum atomic E-state index is 0.135. The first-order valence-corrected chi connectivity index (χ1v) is 9.14. The monoisotopic (exact) mass is 339 g/mol. The van der Waals surface area contributed by atoms with E-state index in [1.807, 2.05) is 24.9 Å². The van der Waals surface area contributed by atoms with Crippen molar-refractivity contribution in [1.29, 1.82) is 0 Å². The molecule has 0 radical (unpaired) electrons. The summed E-state index contributed by atoms with van der Waals surface area (Å²) in [4.78, 5) is 15.0. The third-order valence-corrected chi connectivity index (χ3v) is 5.30. The first-order valence-electron chi connectivity index (χ1n) is 9.14. The van der Waals surface area contributed by atoms with Crippen LogP contribution in [0, 0.1) is 27.7 Å². The molecule has 1 aromatic carbocycles. The maximum Gasteiger partial charge on any atom is 0.255 e. The summed E-state index contributed by atoms with van der Waals surface area (Å²) in [6.07, 6.45) is 2.05. The molecule has 0 aliphatic carbocycles. The maximum atomic E-state index is 13.1. The summed E-state index contributed by atoms with van der Waals surface area (Å²) in [6, 6.07) is 8.90. The van der Waals surface area contributed by atoms with Crippen molar-refractivity contribution in [3.8, 4) is 5.69 Å². The number of piperidine rings is 1. The van der Waals surface area contributed by atoms with Gasteiger partial charge < -0.3 is 14.8 Å². The van der Waals surface area contributed by atoms with E-state index in [0.717, 1.165) is 48.6 Å². The Morgan fingerprint density at radius 2 is 1.64 bits per heavy atom. The first kappa shape index (κ1) is 17.7. The van der Waals surface area contributed by atoms with Crippen molar-refractivity contribution < 1.29 is 4.79 Å². The topological polar surface area (TPSA) is 37.3 Å². The fourth-order valence-corrected chi connectivity index (χ4v) is 4.01. The highest BCUT2D eigenvalue weighted by Gasteiger charge is 2.26. The molecule has 1 aromatic heterocycles. The van der Waals surface area contributed by atoms with E-state index in [1.165, 1.54) is 11.1 Å². The number of carbonyl (C=O) groups is 1. The molecule has 4 nitrogen and oxygen atoms in total. The van der Waals surface area contributed by atoms with Crippen molar-refractivity contribution in [2.45, 2.75) is 46.6 Å². The van der Waals surface area contributed by atoms with Crippen molar-refractivity contribution in [2.24, 2.45) is 0 Å². The minimum absolute atomic E-state index is 0.135. The van der Waals surface area contributed by atoms with Gasteiger partial charge >= 0.3 is 0 Å². The van der Waals surface area contributed by atoms with Crippen LogP contribution >= 0.6 is 0 Å². The lowest BCUT2D eigenvalue weighted by molar-refractivity contribution is 0.0702. The zero-order valence-corrected chi connectivity index (χ0v) is 16.0. The number of aromatic nitrogens is 1. The van der Waals surface area contributed by atoms with Gasteiger partial charge in [-0.2, -0.15) is 0 Å². The van der Waals surface area contributed by atoms with Crippen LogP contribution in [0.15, 0.2) is 24.3 Å². The lowest BCUT2D eigenvalue weighted by atomic mass is 10.0. The Balaban J connectivity index is 1.94. The standard InChI is InChI=1S/C21H29N3O/c1-14-10-15(2)12-19(11-14)24-16(3)13-20(17(24)4)21(25)23(5)18-6-8-22-9-7-18/h10-13,18,22H,6-9H2,1-5H3. The molecule has 1 amide bonds. The second-order valence-electron chi connectivity index (χ2n) is 7.36. The van der Waals surface area contributed by atoms with E-state index in [2.05, 4.69) is 48.9 Å². The third kappa shape index (κ3) is 3.49. The van der Waals surface area contributed by atoms with Gasteiger partial charge in [0.05, 0.1) is 5.56 Å². The molecule has 4 heteroatoms. The van der Waals surface area contributed by atoms with Crippen LogP contribution < -0.4 is 5.32 Å². The van der Waals surface area contributed by atoms with E-state index in [4.69, 9.17) is 0 Å². The molecule has 1 N–H and O–H groups in total. The predicted molar refractivity (Wildman–Crippen MR) is 103 cm³/mol. The molecule has 134 valence electrons. The highest BCUT2D eigenvalue weighted by Crippen LogP contribution is 2.24. The molecule has 25 heavy (non-hydrogen) atoms. The van der Waals surface area contributed by atoms with Gasteiger partial charge in [0.2, 0.25) is 0 Å². The Labute approximate surface area is 150 Å². The molecule has 1 aliphatic heterocycles. The number of nitrogens with one attached hydrogen (secondary N) is 1. The second-order valence-corrected chi connectivity index (χ2v) is 7.36. The van der Waals surface area contributed by atoms with Gasteiger partial charge in [-0.3, -0.25) is 4.79 Å². The van der Waals surface area contributed by atoms with E-state index in [0.29, 0.717) is 6.04 Å². The Bertz CT molecular complexity index is 764. The van der Waals surface area contributed by atoms with Crippen LogP contribution in [0.4, 0.5) is 0 Å². The zero-order valence-electron chi connectivity index (χ0n) is 16.0. The second kappa shape index (κ2) is 7.04. The van der Waals surface area contributed by atoms with E-state index < -0.39 is 0 Å². The predicted octanol–water partition coefficient (Wildman–Crippen LogP) is 3.53. The van der Waals surface area contributed by atoms with E-state index in [9.17, 15) is 4.79 Å². The number of hydrogen-bond donors (Lipinski definition) is 1. The van der Waals surface area contributed by atoms with E-state index in [-0.39, 0.29) is 5.91 Å². The molecule has 1 aliphatic rings. The summed E-state index contributed by atoms with van der Waals surface area (Å²) in [5, 5.41) is 3.36. The fourth-order valence-electron chi connectivity index (χ4n) is 4.01. The number of rotatable bonds is 3. The highest BCUT2D eigenvalue weighted by atomic mass is 16.2. The molecule has 0 atom stereocenters. The molecular weight excluding hydrogens is 310 g/mol. The molecule has 0 saturated carbocycles. The normalized spacial score (nSPS) is 15.4. The van der Waals surface area contributed by atoms with Crippen molar-refractivity contribution >= 4 is 5.91 Å². The van der Waals surface area contributed by atoms with Gasteiger partial charge in [-0.25, -0.2) is 0 Å². The molecule has 2 aromatic rings. The van der Waals surface area contributed by atoms with Gasteiger partial charge in [-0.1, -0.05) is 6.07 Å². The number of amides is 1. The van der Waals surface area contributed by atoms with Crippen molar-refractivity contribution in [3.05, 3.63) is 52.3 Å². The fraction of sp³-hybridized carbons (Fsp3) is 0.476. The Kier molecular flexibility index (Phi) is 5.00. The van der Waals surface area contributed by atoms with Crippen LogP contribution in [0.2, 0.25) is 0 Å². The summed E-state index contributed by atoms with van der Waals surface area (Å²) in [7, 11) is 1.95. The van der Waals surface area contributed by atoms with Gasteiger partial charge in [-0.05, 0) is 83.0 Å². The van der Waals surface area contributed by atoms with Gasteiger partial charge in [0.25, 0.3) is 5.91 Å². The molecule has 0 unspecified atom stereocenters. The van der Waals surface area contributed by atoms with Crippen LogP contribution in [-0.2, 0) is 0 Å². The van der Waals surface area contributed by atoms with Crippen molar-refractivity contribution in [3.63, 3.8) is 0 Å². The largest absolute Gasteiger partial charge is 0.339 e. The summed E-state index contributed by atoms with van der Waals surface area (Å²) >= 11 is 0. The zero-order chi connectivity index (χ0) is 18.1. The van der Waals surface area contributed by atoms with E-state index >= 15 is 0 Å². The molecule has 3 rings (SSSR count). The Hall–Kier alpha value is -2.07. The van der Waals surface area contributed by atoms with E-state index in [1.54, 1.807) is 0 Å². The van der Waals surface area contributed by atoms with Gasteiger partial charge in [0.1, 0.15) is 0 Å². The molecule has 2 heterocycles. The third-order valence-electron chi connectivity index (χ3n) is 5.30. The lowest BCUT2D eigenvalue weighted by Crippen LogP contribution is -2.44. The molecule has 0 spiro atoms. The number of aryl methyl sites for hydroxylation is 3. The maximum absolute atomic E-state index is 13.1. The molecular formula is C21H29N3O. The average Bonchev–Trinajstić information content (AvgIpc) is 2.88. The van der Waals surface area contributed by atoms with Crippen molar-refractivity contribution in [1.82, 2.24) is 14.8 Å². The number of nitrogens with zero attached hydrogens (tertiary/aromatic N) is 2. The highest BCUT2D eigenvalue weighted by molar-refractivity contribution is 5.96. The van der Waals surface area contributed by atoms with Gasteiger partial charge in [-0.15, -0.1) is 0 Å². The first-order chi connectivity index (χ1) is 11.9. The van der Waals surface area contributed by atoms with Crippen LogP contribution in [0.5, 0.6) is 0 Å². The summed E-state index contributed by atoms with van der Waals surface area (Å²) in [5.41, 5.74) is 6.55. The van der Waals surface area contributed by atoms with Crippen LogP contribution in [0.1, 0.15) is 45.7 Å². The average molecular weight is 339 g/mol. The Morgan fingerprint density at radius 1 is 1.04 bits per heavy atom. The van der Waals surface area contributed by atoms with Crippen LogP contribution in [-0.4, -0.2) is 41.6 Å². The Morgan fingerprint density at radius 3 is 2.24 bits per heavy atom. The lowest BCUT2D eigenvalue weighted by Gasteiger charge is -2.31. The molecule has 1 saturated heterocycles. The molecule has 0 bridgehead atoms. The van der Waals surface area contributed by atoms with Crippen LogP contribution in [0.3, 0.4) is 0 Å². The van der Waals surface area contributed by atoms with Gasteiger partial charge in [0, 0.05) is 30.2 Å². The summed E-state index contributed by atoms with van der Waals surface area (Å²) in [5.74, 6) is 0.135. The molecule has 1 fully saturated rings. The number of hydrogen-bond acceptors (Lipinski definition) is 2. The SMILES string of the molecule is Cc1cc(C)cc(-n2c(C)cc(C(=O)N(C)C3CCNCC3)c2C)c1. The quantitative estimate of drug-likeness (QED) is 0.929. The number of carbonyl (C=O) groups excluding carboxylic acids is 1. The summed E-state index contributed by atoms with van der Waals surface area (Å²) in [6.45, 7) is 10.3. The summed E-state index contributed by atoms with van der Waals surface area (Å²) < 4.78 is 2.20. The van der Waals surface area contributed by atoms with Gasteiger partial charge in [0.15, 0.2) is 0 Å². The smallest absolute Gasteiger partial charge is 0.255 e. The number of benzene rings is 1. The van der Waals surface area contributed by atoms with Crippen LogP contribution in [0.25, 0.3) is 5.69 Å². The minimum Gasteiger partial charge on any atom is -0.339 e.